The van der Waals surface area contributed by atoms with Crippen molar-refractivity contribution in [3.05, 3.63) is 17.5 Å². The van der Waals surface area contributed by atoms with Crippen LogP contribution < -0.4 is 0 Å². The molecule has 19 heavy (non-hydrogen) atoms. The number of hydrogen-bond donors (Lipinski definition) is 0. The van der Waals surface area contributed by atoms with E-state index >= 15 is 0 Å². The Morgan fingerprint density at radius 3 is 2.53 bits per heavy atom. The van der Waals surface area contributed by atoms with Gasteiger partial charge in [-0.25, -0.2) is 4.79 Å². The molecule has 2 heterocycles. The van der Waals surface area contributed by atoms with Gasteiger partial charge in [0, 0.05) is 25.1 Å². The van der Waals surface area contributed by atoms with E-state index in [9.17, 15) is 4.79 Å². The van der Waals surface area contributed by atoms with Crippen molar-refractivity contribution < 1.29 is 14.1 Å². The zero-order chi connectivity index (χ0) is 13.8. The number of rotatable bonds is 1. The first-order valence-electron chi connectivity index (χ1n) is 6.76. The standard InChI is InChI=1S/C14H20N2O3/c1-8-5-11(15-19-8)12-9-6-16(7-10(9)12)13(17)18-14(2,3)4/h5,9-10,12H,6-7H2,1-4H3/t9-,10+,12?. The topological polar surface area (TPSA) is 55.6 Å². The highest BCUT2D eigenvalue weighted by Gasteiger charge is 2.58. The third kappa shape index (κ3) is 2.33. The van der Waals surface area contributed by atoms with E-state index in [1.54, 1.807) is 0 Å². The van der Waals surface area contributed by atoms with Crippen molar-refractivity contribution in [3.63, 3.8) is 0 Å². The second-order valence-corrected chi connectivity index (χ2v) is 6.60. The van der Waals surface area contributed by atoms with Crippen LogP contribution in [0.2, 0.25) is 0 Å². The lowest BCUT2D eigenvalue weighted by Gasteiger charge is -2.25. The minimum absolute atomic E-state index is 0.199. The molecule has 104 valence electrons. The van der Waals surface area contributed by atoms with Crippen LogP contribution in [0.15, 0.2) is 10.6 Å². The van der Waals surface area contributed by atoms with Crippen LogP contribution in [0, 0.1) is 18.8 Å². The maximum Gasteiger partial charge on any atom is 0.410 e. The second kappa shape index (κ2) is 3.99. The Kier molecular flexibility index (Phi) is 2.62. The van der Waals surface area contributed by atoms with E-state index in [4.69, 9.17) is 9.26 Å². The SMILES string of the molecule is Cc1cc(C2[C@H]3CN(C(=O)OC(C)(C)C)C[C@@H]23)no1. The van der Waals surface area contributed by atoms with Crippen LogP contribution in [-0.4, -0.2) is 34.8 Å². The number of ether oxygens (including phenoxy) is 1. The van der Waals surface area contributed by atoms with E-state index in [0.717, 1.165) is 24.5 Å². The van der Waals surface area contributed by atoms with Crippen LogP contribution in [-0.2, 0) is 4.74 Å². The fourth-order valence-corrected chi connectivity index (χ4v) is 2.98. The number of carbonyl (C=O) groups is 1. The maximum absolute atomic E-state index is 11.9. The van der Waals surface area contributed by atoms with Gasteiger partial charge in [-0.05, 0) is 39.5 Å². The van der Waals surface area contributed by atoms with Crippen LogP contribution in [0.5, 0.6) is 0 Å². The quantitative estimate of drug-likeness (QED) is 0.782. The number of aromatic nitrogens is 1. The molecule has 0 spiro atoms. The Morgan fingerprint density at radius 1 is 1.42 bits per heavy atom. The smallest absolute Gasteiger partial charge is 0.410 e. The van der Waals surface area contributed by atoms with Crippen LogP contribution in [0.1, 0.15) is 38.1 Å². The molecule has 0 aromatic carbocycles. The van der Waals surface area contributed by atoms with Crippen LogP contribution >= 0.6 is 0 Å². The molecule has 1 aromatic heterocycles. The minimum Gasteiger partial charge on any atom is -0.444 e. The molecule has 1 amide bonds. The molecule has 5 nitrogen and oxygen atoms in total. The molecule has 1 aliphatic carbocycles. The fourth-order valence-electron chi connectivity index (χ4n) is 2.98. The number of piperidine rings is 1. The van der Waals surface area contributed by atoms with Gasteiger partial charge in [0.1, 0.15) is 11.4 Å². The Morgan fingerprint density at radius 2 is 2.05 bits per heavy atom. The van der Waals surface area contributed by atoms with Gasteiger partial charge in [0.05, 0.1) is 5.69 Å². The van der Waals surface area contributed by atoms with Crippen LogP contribution in [0.25, 0.3) is 0 Å². The molecular weight excluding hydrogens is 244 g/mol. The predicted molar refractivity (Wildman–Crippen MR) is 68.8 cm³/mol. The molecule has 1 aliphatic heterocycles. The largest absolute Gasteiger partial charge is 0.444 e. The van der Waals surface area contributed by atoms with Gasteiger partial charge < -0.3 is 14.2 Å². The highest BCUT2D eigenvalue weighted by molar-refractivity contribution is 5.69. The summed E-state index contributed by atoms with van der Waals surface area (Å²) in [5.74, 6) is 2.37. The highest BCUT2D eigenvalue weighted by atomic mass is 16.6. The maximum atomic E-state index is 11.9. The second-order valence-electron chi connectivity index (χ2n) is 6.60. The average molecular weight is 264 g/mol. The lowest BCUT2D eigenvalue weighted by atomic mass is 10.2. The molecule has 1 unspecified atom stereocenters. The number of carbonyl (C=O) groups excluding carboxylic acids is 1. The molecule has 2 aliphatic rings. The summed E-state index contributed by atoms with van der Waals surface area (Å²) in [6, 6.07) is 2.00. The number of nitrogens with zero attached hydrogens (tertiary/aromatic N) is 2. The third-order valence-electron chi connectivity index (χ3n) is 3.83. The molecule has 5 heteroatoms. The number of fused-ring (bicyclic) bond motifs is 1. The van der Waals surface area contributed by atoms with Gasteiger partial charge in [-0.3, -0.25) is 0 Å². The normalized spacial score (nSPS) is 29.3. The predicted octanol–water partition coefficient (Wildman–Crippen LogP) is 2.56. The van der Waals surface area contributed by atoms with E-state index < -0.39 is 5.60 Å². The van der Waals surface area contributed by atoms with Gasteiger partial charge in [0.25, 0.3) is 0 Å². The molecule has 3 atom stereocenters. The zero-order valence-electron chi connectivity index (χ0n) is 11.8. The highest BCUT2D eigenvalue weighted by Crippen LogP contribution is 2.57. The number of amides is 1. The van der Waals surface area contributed by atoms with Gasteiger partial charge in [-0.2, -0.15) is 0 Å². The van der Waals surface area contributed by atoms with E-state index in [1.165, 1.54) is 0 Å². The first-order chi connectivity index (χ1) is 8.85. The van der Waals surface area contributed by atoms with E-state index in [1.807, 2.05) is 38.7 Å². The molecule has 2 fully saturated rings. The first-order valence-corrected chi connectivity index (χ1v) is 6.76. The summed E-state index contributed by atoms with van der Waals surface area (Å²) in [5, 5.41) is 4.08. The van der Waals surface area contributed by atoms with Gasteiger partial charge in [-0.1, -0.05) is 5.16 Å². The zero-order valence-corrected chi connectivity index (χ0v) is 11.8. The van der Waals surface area contributed by atoms with Crippen molar-refractivity contribution in [2.24, 2.45) is 11.8 Å². The molecule has 0 bridgehead atoms. The van der Waals surface area contributed by atoms with E-state index in [0.29, 0.717) is 17.8 Å². The van der Waals surface area contributed by atoms with Gasteiger partial charge in [0.2, 0.25) is 0 Å². The lowest BCUT2D eigenvalue weighted by Crippen LogP contribution is -2.36. The van der Waals surface area contributed by atoms with Crippen molar-refractivity contribution in [1.29, 1.82) is 0 Å². The van der Waals surface area contributed by atoms with Crippen molar-refractivity contribution in [2.75, 3.05) is 13.1 Å². The lowest BCUT2D eigenvalue weighted by molar-refractivity contribution is 0.0270. The molecule has 1 saturated heterocycles. The number of likely N-dealkylation sites (tertiary alicyclic amines) is 1. The summed E-state index contributed by atoms with van der Waals surface area (Å²) in [6.45, 7) is 9.13. The first kappa shape index (κ1) is 12.5. The summed E-state index contributed by atoms with van der Waals surface area (Å²) >= 11 is 0. The van der Waals surface area contributed by atoms with Gasteiger partial charge in [0.15, 0.2) is 0 Å². The number of aryl methyl sites for hydroxylation is 1. The Bertz CT molecular complexity index is 491. The van der Waals surface area contributed by atoms with Crippen molar-refractivity contribution >= 4 is 6.09 Å². The molecule has 0 N–H and O–H groups in total. The van der Waals surface area contributed by atoms with Crippen molar-refractivity contribution in [1.82, 2.24) is 10.1 Å². The van der Waals surface area contributed by atoms with Crippen LogP contribution in [0.3, 0.4) is 0 Å². The van der Waals surface area contributed by atoms with Crippen molar-refractivity contribution in [2.45, 2.75) is 39.2 Å². The van der Waals surface area contributed by atoms with Crippen molar-refractivity contribution in [3.8, 4) is 0 Å². The summed E-state index contributed by atoms with van der Waals surface area (Å²) in [7, 11) is 0. The summed E-state index contributed by atoms with van der Waals surface area (Å²) in [5.41, 5.74) is 0.614. The number of hydrogen-bond acceptors (Lipinski definition) is 4. The van der Waals surface area contributed by atoms with Crippen LogP contribution in [0.4, 0.5) is 4.79 Å². The Labute approximate surface area is 112 Å². The fraction of sp³-hybridized carbons (Fsp3) is 0.714. The van der Waals surface area contributed by atoms with Gasteiger partial charge >= 0.3 is 6.09 Å². The minimum atomic E-state index is -0.424. The monoisotopic (exact) mass is 264 g/mol. The molecular formula is C14H20N2O3. The molecule has 0 radical (unpaired) electrons. The van der Waals surface area contributed by atoms with Gasteiger partial charge in [-0.15, -0.1) is 0 Å². The summed E-state index contributed by atoms with van der Waals surface area (Å²) < 4.78 is 10.5. The third-order valence-corrected chi connectivity index (χ3v) is 3.83. The Balaban J connectivity index is 1.57. The van der Waals surface area contributed by atoms with E-state index in [-0.39, 0.29) is 6.09 Å². The molecule has 1 saturated carbocycles. The Hall–Kier alpha value is -1.52. The van der Waals surface area contributed by atoms with E-state index in [2.05, 4.69) is 5.16 Å². The molecule has 1 aromatic rings. The summed E-state index contributed by atoms with van der Waals surface area (Å²) in [6.07, 6.45) is -0.199. The summed E-state index contributed by atoms with van der Waals surface area (Å²) in [4.78, 5) is 13.8. The average Bonchev–Trinajstić information content (AvgIpc) is 2.67. The molecule has 3 rings (SSSR count).